The summed E-state index contributed by atoms with van der Waals surface area (Å²) in [6.07, 6.45) is 7.94. The van der Waals surface area contributed by atoms with Crippen molar-refractivity contribution in [2.75, 3.05) is 13.1 Å². The van der Waals surface area contributed by atoms with Gasteiger partial charge in [-0.2, -0.15) is 0 Å². The third kappa shape index (κ3) is 3.45. The van der Waals surface area contributed by atoms with Gasteiger partial charge in [-0.25, -0.2) is 4.98 Å². The molecule has 4 nitrogen and oxygen atoms in total. The van der Waals surface area contributed by atoms with E-state index in [1.165, 1.54) is 6.92 Å². The molecule has 1 saturated heterocycles. The van der Waals surface area contributed by atoms with Crippen LogP contribution in [-0.2, 0) is 4.79 Å². The molecular weight excluding hydrogens is 272 g/mol. The molecule has 2 rings (SSSR count). The second-order valence-corrected chi connectivity index (χ2v) is 5.88. The zero-order valence-corrected chi connectivity index (χ0v) is 12.4. The quantitative estimate of drug-likeness (QED) is 0.632. The molecule has 2 heterocycles. The highest BCUT2D eigenvalue weighted by molar-refractivity contribution is 7.09. The molecular formula is C15H18N2O2S. The third-order valence-electron chi connectivity index (χ3n) is 3.56. The smallest absolute Gasteiger partial charge is 0.223 e. The van der Waals surface area contributed by atoms with Crippen molar-refractivity contribution < 1.29 is 9.59 Å². The standard InChI is InChI=1S/C15H18N2O2S/c1-3-4-5-14(19)17-8-6-12(7-9-17)15-16-13(10-20-15)11(2)18/h1,10,12H,4-9H2,2H3. The maximum Gasteiger partial charge on any atom is 0.223 e. The summed E-state index contributed by atoms with van der Waals surface area (Å²) in [6.45, 7) is 3.04. The number of carbonyl (C=O) groups is 2. The highest BCUT2D eigenvalue weighted by Crippen LogP contribution is 2.30. The Labute approximate surface area is 123 Å². The van der Waals surface area contributed by atoms with Gasteiger partial charge in [-0.15, -0.1) is 23.7 Å². The van der Waals surface area contributed by atoms with Crippen LogP contribution in [0.4, 0.5) is 0 Å². The third-order valence-corrected chi connectivity index (χ3v) is 4.57. The van der Waals surface area contributed by atoms with E-state index in [0.717, 1.165) is 30.9 Å². The van der Waals surface area contributed by atoms with E-state index in [1.54, 1.807) is 11.3 Å². The molecule has 0 spiro atoms. The minimum Gasteiger partial charge on any atom is -0.343 e. The molecule has 0 N–H and O–H groups in total. The summed E-state index contributed by atoms with van der Waals surface area (Å²) >= 11 is 1.55. The monoisotopic (exact) mass is 290 g/mol. The van der Waals surface area contributed by atoms with Gasteiger partial charge in [-0.3, -0.25) is 9.59 Å². The average Bonchev–Trinajstić information content (AvgIpc) is 2.95. The lowest BCUT2D eigenvalue weighted by Gasteiger charge is -2.31. The number of likely N-dealkylation sites (tertiary alicyclic amines) is 1. The maximum absolute atomic E-state index is 11.9. The number of carbonyl (C=O) groups excluding carboxylic acids is 2. The molecule has 0 aromatic carbocycles. The van der Waals surface area contributed by atoms with Crippen LogP contribution in [0.25, 0.3) is 0 Å². The minimum atomic E-state index is 0.00870. The minimum absolute atomic E-state index is 0.00870. The van der Waals surface area contributed by atoms with Crippen LogP contribution in [0.3, 0.4) is 0 Å². The Morgan fingerprint density at radius 3 is 2.75 bits per heavy atom. The number of thiazole rings is 1. The number of nitrogens with zero attached hydrogens (tertiary/aromatic N) is 2. The van der Waals surface area contributed by atoms with Crippen molar-refractivity contribution in [2.45, 2.75) is 38.5 Å². The van der Waals surface area contributed by atoms with Crippen molar-refractivity contribution in [1.29, 1.82) is 0 Å². The van der Waals surface area contributed by atoms with Crippen LogP contribution in [0.2, 0.25) is 0 Å². The average molecular weight is 290 g/mol. The number of piperidine rings is 1. The lowest BCUT2D eigenvalue weighted by molar-refractivity contribution is -0.132. The molecule has 5 heteroatoms. The number of amides is 1. The molecule has 20 heavy (non-hydrogen) atoms. The molecule has 0 saturated carbocycles. The van der Waals surface area contributed by atoms with Gasteiger partial charge in [0.25, 0.3) is 0 Å². The van der Waals surface area contributed by atoms with Crippen LogP contribution < -0.4 is 0 Å². The van der Waals surface area contributed by atoms with E-state index in [2.05, 4.69) is 10.9 Å². The molecule has 0 radical (unpaired) electrons. The first-order valence-corrected chi connectivity index (χ1v) is 7.67. The second kappa shape index (κ2) is 6.67. The van der Waals surface area contributed by atoms with Gasteiger partial charge >= 0.3 is 0 Å². The van der Waals surface area contributed by atoms with Crippen molar-refractivity contribution in [1.82, 2.24) is 9.88 Å². The Balaban J connectivity index is 1.89. The van der Waals surface area contributed by atoms with Crippen LogP contribution in [0, 0.1) is 12.3 Å². The van der Waals surface area contributed by atoms with Crippen molar-refractivity contribution >= 4 is 23.0 Å². The molecule has 1 aliphatic heterocycles. The van der Waals surface area contributed by atoms with Gasteiger partial charge in [-0.05, 0) is 12.8 Å². The molecule has 106 valence electrons. The summed E-state index contributed by atoms with van der Waals surface area (Å²) in [5, 5.41) is 2.84. The van der Waals surface area contributed by atoms with Crippen LogP contribution in [-0.4, -0.2) is 34.7 Å². The highest BCUT2D eigenvalue weighted by Gasteiger charge is 2.25. The fourth-order valence-corrected chi connectivity index (χ4v) is 3.38. The number of rotatable bonds is 4. The molecule has 1 aromatic rings. The molecule has 0 bridgehead atoms. The Bertz CT molecular complexity index is 536. The first kappa shape index (κ1) is 14.7. The van der Waals surface area contributed by atoms with E-state index >= 15 is 0 Å². The van der Waals surface area contributed by atoms with Crippen LogP contribution >= 0.6 is 11.3 Å². The Kier molecular flexibility index (Phi) is 4.91. The lowest BCUT2D eigenvalue weighted by atomic mass is 9.97. The topological polar surface area (TPSA) is 50.3 Å². The fraction of sp³-hybridized carbons (Fsp3) is 0.533. The maximum atomic E-state index is 11.9. The van der Waals surface area contributed by atoms with Crippen molar-refractivity contribution in [2.24, 2.45) is 0 Å². The largest absolute Gasteiger partial charge is 0.343 e. The predicted octanol–water partition coefficient (Wildman–Crippen LogP) is 2.47. The Morgan fingerprint density at radius 1 is 1.50 bits per heavy atom. The zero-order chi connectivity index (χ0) is 14.5. The highest BCUT2D eigenvalue weighted by atomic mass is 32.1. The van der Waals surface area contributed by atoms with Crippen molar-refractivity contribution in [3.8, 4) is 12.3 Å². The summed E-state index contributed by atoms with van der Waals surface area (Å²) in [7, 11) is 0. The molecule has 1 aliphatic rings. The zero-order valence-electron chi connectivity index (χ0n) is 11.6. The van der Waals surface area contributed by atoms with Gasteiger partial charge in [0.05, 0.1) is 5.01 Å². The van der Waals surface area contributed by atoms with Crippen molar-refractivity contribution in [3.63, 3.8) is 0 Å². The molecule has 1 fully saturated rings. The van der Waals surface area contributed by atoms with Gasteiger partial charge in [0.15, 0.2) is 5.78 Å². The van der Waals surface area contributed by atoms with Gasteiger partial charge in [0.1, 0.15) is 5.69 Å². The lowest BCUT2D eigenvalue weighted by Crippen LogP contribution is -2.37. The number of aromatic nitrogens is 1. The number of hydrogen-bond acceptors (Lipinski definition) is 4. The summed E-state index contributed by atoms with van der Waals surface area (Å²) in [6, 6.07) is 0. The summed E-state index contributed by atoms with van der Waals surface area (Å²) < 4.78 is 0. The molecule has 1 amide bonds. The number of terminal acetylenes is 1. The molecule has 0 atom stereocenters. The van der Waals surface area contributed by atoms with E-state index in [9.17, 15) is 9.59 Å². The predicted molar refractivity (Wildman–Crippen MR) is 78.7 cm³/mol. The van der Waals surface area contributed by atoms with E-state index in [4.69, 9.17) is 6.42 Å². The number of Topliss-reactive ketones (excluding diaryl/α,β-unsaturated/α-hetero) is 1. The summed E-state index contributed by atoms with van der Waals surface area (Å²) in [5.41, 5.74) is 0.553. The van der Waals surface area contributed by atoms with Crippen LogP contribution in [0.1, 0.15) is 54.0 Å². The van der Waals surface area contributed by atoms with Gasteiger partial charge in [-0.1, -0.05) is 0 Å². The molecule has 1 aromatic heterocycles. The van der Waals surface area contributed by atoms with E-state index in [0.29, 0.717) is 24.5 Å². The van der Waals surface area contributed by atoms with Gasteiger partial charge in [0, 0.05) is 44.2 Å². The first-order chi connectivity index (χ1) is 9.61. The molecule has 0 unspecified atom stereocenters. The molecule has 0 aliphatic carbocycles. The summed E-state index contributed by atoms with van der Waals surface area (Å²) in [5.74, 6) is 3.02. The summed E-state index contributed by atoms with van der Waals surface area (Å²) in [4.78, 5) is 29.4. The normalized spacial score (nSPS) is 15.9. The SMILES string of the molecule is C#CCCC(=O)N1CCC(c2nc(C(C)=O)cs2)CC1. The van der Waals surface area contributed by atoms with E-state index in [1.807, 2.05) is 10.3 Å². The van der Waals surface area contributed by atoms with E-state index in [-0.39, 0.29) is 11.7 Å². The Morgan fingerprint density at radius 2 is 2.20 bits per heavy atom. The second-order valence-electron chi connectivity index (χ2n) is 4.99. The van der Waals surface area contributed by atoms with Crippen molar-refractivity contribution in [3.05, 3.63) is 16.1 Å². The van der Waals surface area contributed by atoms with E-state index < -0.39 is 0 Å². The van der Waals surface area contributed by atoms with Gasteiger partial charge in [0.2, 0.25) is 5.91 Å². The van der Waals surface area contributed by atoms with Crippen LogP contribution in [0.5, 0.6) is 0 Å². The Hall–Kier alpha value is -1.67. The number of ketones is 1. The number of hydrogen-bond donors (Lipinski definition) is 0. The van der Waals surface area contributed by atoms with Crippen LogP contribution in [0.15, 0.2) is 5.38 Å². The first-order valence-electron chi connectivity index (χ1n) is 6.79. The van der Waals surface area contributed by atoms with Gasteiger partial charge < -0.3 is 4.90 Å². The fourth-order valence-electron chi connectivity index (χ4n) is 2.35.